The Labute approximate surface area is 118 Å². The molecule has 3 rings (SSSR count). The Morgan fingerprint density at radius 2 is 1.90 bits per heavy atom. The zero-order valence-electron chi connectivity index (χ0n) is 11.5. The van der Waals surface area contributed by atoms with Crippen molar-refractivity contribution in [3.05, 3.63) is 71.4 Å². The maximum absolute atomic E-state index is 9.08. The molecule has 0 radical (unpaired) electrons. The van der Waals surface area contributed by atoms with Gasteiger partial charge in [-0.25, -0.2) is 0 Å². The Bertz CT molecular complexity index is 776. The highest BCUT2D eigenvalue weighted by Gasteiger charge is 2.05. The second kappa shape index (κ2) is 5.22. The highest BCUT2D eigenvalue weighted by molar-refractivity contribution is 5.82. The van der Waals surface area contributed by atoms with E-state index in [0.29, 0.717) is 0 Å². The van der Waals surface area contributed by atoms with Gasteiger partial charge in [-0.05, 0) is 42.7 Å². The first-order valence-electron chi connectivity index (χ1n) is 6.81. The van der Waals surface area contributed by atoms with Crippen molar-refractivity contribution in [2.24, 2.45) is 0 Å². The number of nitriles is 1. The van der Waals surface area contributed by atoms with Crippen molar-refractivity contribution >= 4 is 10.9 Å². The number of hydrogen-bond acceptors (Lipinski definition) is 1. The van der Waals surface area contributed by atoms with Crippen LogP contribution in [0.5, 0.6) is 0 Å². The van der Waals surface area contributed by atoms with Crippen molar-refractivity contribution in [2.45, 2.75) is 19.9 Å². The summed E-state index contributed by atoms with van der Waals surface area (Å²) in [5.41, 5.74) is 4.36. The van der Waals surface area contributed by atoms with E-state index in [1.54, 1.807) is 0 Å². The molecule has 0 aliphatic heterocycles. The molecule has 0 bridgehead atoms. The van der Waals surface area contributed by atoms with Gasteiger partial charge in [0.15, 0.2) is 0 Å². The van der Waals surface area contributed by atoms with Gasteiger partial charge in [0.05, 0.1) is 11.6 Å². The van der Waals surface area contributed by atoms with E-state index in [4.69, 9.17) is 5.26 Å². The summed E-state index contributed by atoms with van der Waals surface area (Å²) in [6.07, 6.45) is 3.12. The molecular weight excluding hydrogens is 244 g/mol. The lowest BCUT2D eigenvalue weighted by Crippen LogP contribution is -2.00. The van der Waals surface area contributed by atoms with Gasteiger partial charge >= 0.3 is 0 Å². The molecule has 0 aliphatic rings. The van der Waals surface area contributed by atoms with E-state index in [2.05, 4.69) is 53.2 Å². The fourth-order valence-electron chi connectivity index (χ4n) is 2.55. The van der Waals surface area contributed by atoms with Gasteiger partial charge in [-0.2, -0.15) is 5.26 Å². The molecule has 0 amide bonds. The van der Waals surface area contributed by atoms with Crippen molar-refractivity contribution in [1.82, 2.24) is 4.57 Å². The molecule has 2 aromatic carbocycles. The minimum atomic E-state index is 0.762. The molecule has 0 aliphatic carbocycles. The summed E-state index contributed by atoms with van der Waals surface area (Å²) in [6.45, 7) is 2.95. The normalized spacial score (nSPS) is 10.6. The predicted molar refractivity (Wildman–Crippen MR) is 81.5 cm³/mol. The average Bonchev–Trinajstić information content (AvgIpc) is 2.87. The first-order valence-corrected chi connectivity index (χ1v) is 6.81. The van der Waals surface area contributed by atoms with Gasteiger partial charge in [0, 0.05) is 23.6 Å². The molecule has 3 aromatic rings. The maximum Gasteiger partial charge on any atom is 0.0994 e. The molecule has 1 aromatic heterocycles. The lowest BCUT2D eigenvalue weighted by atomic mass is 10.1. The zero-order valence-corrected chi connectivity index (χ0v) is 11.5. The quantitative estimate of drug-likeness (QED) is 0.698. The molecule has 98 valence electrons. The predicted octanol–water partition coefficient (Wildman–Crippen LogP) is 4.06. The molecule has 2 nitrogen and oxygen atoms in total. The number of aromatic nitrogens is 1. The third-order valence-electron chi connectivity index (χ3n) is 3.72. The Hall–Kier alpha value is -2.53. The fourth-order valence-corrected chi connectivity index (χ4v) is 2.55. The van der Waals surface area contributed by atoms with Crippen LogP contribution >= 0.6 is 0 Å². The lowest BCUT2D eigenvalue weighted by molar-refractivity contribution is 0.723. The summed E-state index contributed by atoms with van der Waals surface area (Å²) in [7, 11) is 0. The molecule has 1 heterocycles. The van der Waals surface area contributed by atoms with Crippen LogP contribution in [-0.2, 0) is 13.0 Å². The Morgan fingerprint density at radius 1 is 1.10 bits per heavy atom. The lowest BCUT2D eigenvalue weighted by Gasteiger charge is -2.07. The molecule has 0 saturated heterocycles. The molecule has 20 heavy (non-hydrogen) atoms. The summed E-state index contributed by atoms with van der Waals surface area (Å²) < 4.78 is 2.26. The third kappa shape index (κ3) is 2.31. The van der Waals surface area contributed by atoms with Gasteiger partial charge in [0.25, 0.3) is 0 Å². The summed E-state index contributed by atoms with van der Waals surface area (Å²) in [5, 5.41) is 10.2. The van der Waals surface area contributed by atoms with Gasteiger partial charge < -0.3 is 4.57 Å². The number of rotatable bonds is 3. The molecule has 0 N–H and O–H groups in total. The van der Waals surface area contributed by atoms with Crippen LogP contribution < -0.4 is 0 Å². The van der Waals surface area contributed by atoms with Crippen molar-refractivity contribution in [1.29, 1.82) is 5.26 Å². The molecule has 0 saturated carbocycles. The monoisotopic (exact) mass is 260 g/mol. The summed E-state index contributed by atoms with van der Waals surface area (Å²) in [5.74, 6) is 0. The van der Waals surface area contributed by atoms with Gasteiger partial charge in [-0.1, -0.05) is 30.3 Å². The van der Waals surface area contributed by atoms with Crippen LogP contribution in [0, 0.1) is 18.3 Å². The fraction of sp³-hybridized carbons (Fsp3) is 0.167. The van der Waals surface area contributed by atoms with E-state index >= 15 is 0 Å². The van der Waals surface area contributed by atoms with E-state index in [-0.39, 0.29) is 0 Å². The summed E-state index contributed by atoms with van der Waals surface area (Å²) >= 11 is 0. The van der Waals surface area contributed by atoms with E-state index in [9.17, 15) is 0 Å². The van der Waals surface area contributed by atoms with Gasteiger partial charge in [0.2, 0.25) is 0 Å². The molecule has 0 atom stereocenters. The molecule has 0 fully saturated rings. The molecule has 0 unspecified atom stereocenters. The Balaban J connectivity index is 1.89. The van der Waals surface area contributed by atoms with Crippen molar-refractivity contribution in [3.8, 4) is 6.07 Å². The molecule has 2 heteroatoms. The topological polar surface area (TPSA) is 28.7 Å². The summed E-state index contributed by atoms with van der Waals surface area (Å²) in [4.78, 5) is 0. The second-order valence-electron chi connectivity index (χ2n) is 5.08. The van der Waals surface area contributed by atoms with Crippen molar-refractivity contribution in [3.63, 3.8) is 0 Å². The smallest absolute Gasteiger partial charge is 0.0994 e. The number of fused-ring (bicyclic) bond motifs is 1. The maximum atomic E-state index is 9.08. The minimum Gasteiger partial charge on any atom is -0.347 e. The van der Waals surface area contributed by atoms with E-state index < -0.39 is 0 Å². The van der Waals surface area contributed by atoms with E-state index in [1.807, 2.05) is 19.1 Å². The Kier molecular flexibility index (Phi) is 3.26. The first-order chi connectivity index (χ1) is 9.78. The van der Waals surface area contributed by atoms with Gasteiger partial charge in [-0.3, -0.25) is 0 Å². The highest BCUT2D eigenvalue weighted by Crippen LogP contribution is 2.21. The van der Waals surface area contributed by atoms with E-state index in [1.165, 1.54) is 11.1 Å². The Morgan fingerprint density at radius 3 is 2.65 bits per heavy atom. The van der Waals surface area contributed by atoms with Gasteiger partial charge in [-0.15, -0.1) is 0 Å². The largest absolute Gasteiger partial charge is 0.347 e. The first kappa shape index (κ1) is 12.5. The SMILES string of the molecule is Cc1cc2c(ccn2CCc2ccccc2)cc1C#N. The van der Waals surface area contributed by atoms with E-state index in [0.717, 1.165) is 29.5 Å². The minimum absolute atomic E-state index is 0.762. The number of aryl methyl sites for hydroxylation is 3. The van der Waals surface area contributed by atoms with Crippen molar-refractivity contribution in [2.75, 3.05) is 0 Å². The zero-order chi connectivity index (χ0) is 13.9. The summed E-state index contributed by atoms with van der Waals surface area (Å²) in [6, 6.07) is 18.9. The standard InChI is InChI=1S/C18H16N2/c1-14-11-18-16(12-17(14)13-19)8-10-20(18)9-7-15-5-3-2-4-6-15/h2-6,8,10-12H,7,9H2,1H3. The second-order valence-corrected chi connectivity index (χ2v) is 5.08. The van der Waals surface area contributed by atoms with Crippen LogP contribution in [0.15, 0.2) is 54.7 Å². The molecular formula is C18H16N2. The van der Waals surface area contributed by atoms with Crippen LogP contribution in [0.25, 0.3) is 10.9 Å². The number of nitrogens with zero attached hydrogens (tertiary/aromatic N) is 2. The third-order valence-corrected chi connectivity index (χ3v) is 3.72. The average molecular weight is 260 g/mol. The number of benzene rings is 2. The number of hydrogen-bond donors (Lipinski definition) is 0. The van der Waals surface area contributed by atoms with Crippen LogP contribution in [0.3, 0.4) is 0 Å². The van der Waals surface area contributed by atoms with Crippen LogP contribution in [0.2, 0.25) is 0 Å². The van der Waals surface area contributed by atoms with Crippen LogP contribution in [0.1, 0.15) is 16.7 Å². The van der Waals surface area contributed by atoms with Crippen molar-refractivity contribution < 1.29 is 0 Å². The van der Waals surface area contributed by atoms with Crippen LogP contribution in [-0.4, -0.2) is 4.57 Å². The molecule has 0 spiro atoms. The highest BCUT2D eigenvalue weighted by atomic mass is 14.9. The van der Waals surface area contributed by atoms with Crippen LogP contribution in [0.4, 0.5) is 0 Å². The van der Waals surface area contributed by atoms with Gasteiger partial charge in [0.1, 0.15) is 0 Å².